The number of hydrogen-bond acceptors (Lipinski definition) is 4. The van der Waals surface area contributed by atoms with Crippen molar-refractivity contribution in [3.63, 3.8) is 0 Å². The van der Waals surface area contributed by atoms with E-state index < -0.39 is 5.97 Å². The molecule has 0 spiro atoms. The summed E-state index contributed by atoms with van der Waals surface area (Å²) in [5.41, 5.74) is -0.0486. The molecule has 68 valence electrons. The van der Waals surface area contributed by atoms with Gasteiger partial charge in [0.1, 0.15) is 12.8 Å². The molecular formula is C7H11NO4. The molecule has 12 heavy (non-hydrogen) atoms. The predicted molar refractivity (Wildman–Crippen MR) is 42.0 cm³/mol. The zero-order valence-corrected chi connectivity index (χ0v) is 7.03. The lowest BCUT2D eigenvalue weighted by atomic mass is 10.1. The van der Waals surface area contributed by atoms with Crippen molar-refractivity contribution < 1.29 is 19.5 Å². The molecule has 0 aromatic rings. The van der Waals surface area contributed by atoms with Crippen molar-refractivity contribution in [2.45, 2.75) is 19.8 Å². The Bertz CT molecular complexity index is 209. The van der Waals surface area contributed by atoms with Crippen molar-refractivity contribution in [1.82, 2.24) is 0 Å². The summed E-state index contributed by atoms with van der Waals surface area (Å²) in [4.78, 5) is 25.5. The number of carbonyl (C=O) groups excluding carboxylic acids is 1. The standard InChI is InChI=1S/C7H11NO4/c1-3-6(9)5(8-12-2)4-7(10)11/h3-4H2,1-2H3,(H,10,11). The Kier molecular flexibility index (Phi) is 4.67. The van der Waals surface area contributed by atoms with Crippen LogP contribution in [0.4, 0.5) is 0 Å². The van der Waals surface area contributed by atoms with Gasteiger partial charge in [-0.2, -0.15) is 0 Å². The Morgan fingerprint density at radius 2 is 2.08 bits per heavy atom. The molecule has 0 heterocycles. The van der Waals surface area contributed by atoms with Crippen molar-refractivity contribution in [3.8, 4) is 0 Å². The topological polar surface area (TPSA) is 76.0 Å². The molecular weight excluding hydrogens is 162 g/mol. The van der Waals surface area contributed by atoms with Crippen molar-refractivity contribution in [2.75, 3.05) is 7.11 Å². The molecule has 0 aromatic carbocycles. The summed E-state index contributed by atoms with van der Waals surface area (Å²) in [6.45, 7) is 1.63. The highest BCUT2D eigenvalue weighted by molar-refractivity contribution is 6.42. The van der Waals surface area contributed by atoms with E-state index in [0.717, 1.165) is 0 Å². The largest absolute Gasteiger partial charge is 0.481 e. The van der Waals surface area contributed by atoms with Crippen molar-refractivity contribution in [3.05, 3.63) is 0 Å². The van der Waals surface area contributed by atoms with E-state index >= 15 is 0 Å². The van der Waals surface area contributed by atoms with E-state index in [1.54, 1.807) is 6.92 Å². The van der Waals surface area contributed by atoms with E-state index in [2.05, 4.69) is 9.99 Å². The van der Waals surface area contributed by atoms with Crippen LogP contribution in [-0.4, -0.2) is 29.7 Å². The number of carboxylic acid groups (broad SMARTS) is 1. The van der Waals surface area contributed by atoms with Crippen molar-refractivity contribution >= 4 is 17.5 Å². The second-order valence-corrected chi connectivity index (χ2v) is 2.07. The van der Waals surface area contributed by atoms with Gasteiger partial charge in [-0.25, -0.2) is 0 Å². The van der Waals surface area contributed by atoms with Crippen molar-refractivity contribution in [2.24, 2.45) is 5.16 Å². The van der Waals surface area contributed by atoms with Crippen molar-refractivity contribution in [1.29, 1.82) is 0 Å². The van der Waals surface area contributed by atoms with E-state index in [1.807, 2.05) is 0 Å². The average molecular weight is 173 g/mol. The first-order valence-corrected chi connectivity index (χ1v) is 3.46. The highest BCUT2D eigenvalue weighted by Gasteiger charge is 2.13. The maximum Gasteiger partial charge on any atom is 0.309 e. The smallest absolute Gasteiger partial charge is 0.309 e. The molecule has 0 atom stereocenters. The Balaban J connectivity index is 4.34. The normalized spacial score (nSPS) is 11.0. The first kappa shape index (κ1) is 10.6. The average Bonchev–Trinajstić information content (AvgIpc) is 2.01. The minimum Gasteiger partial charge on any atom is -0.481 e. The van der Waals surface area contributed by atoms with Crippen LogP contribution in [0, 0.1) is 0 Å². The molecule has 0 aliphatic rings. The second kappa shape index (κ2) is 5.29. The summed E-state index contributed by atoms with van der Waals surface area (Å²) in [6.07, 6.45) is -0.157. The molecule has 0 aliphatic carbocycles. The van der Waals surface area contributed by atoms with Gasteiger partial charge in [-0.3, -0.25) is 9.59 Å². The van der Waals surface area contributed by atoms with E-state index in [0.29, 0.717) is 0 Å². The van der Waals surface area contributed by atoms with Crippen LogP contribution in [0.5, 0.6) is 0 Å². The SMILES string of the molecule is CCC(=O)C(CC(=O)O)=NOC. The molecule has 0 amide bonds. The van der Waals surface area contributed by atoms with E-state index in [-0.39, 0.29) is 24.3 Å². The minimum absolute atomic E-state index is 0.0486. The highest BCUT2D eigenvalue weighted by Crippen LogP contribution is 1.94. The molecule has 0 fully saturated rings. The summed E-state index contributed by atoms with van der Waals surface area (Å²) < 4.78 is 0. The van der Waals surface area contributed by atoms with E-state index in [9.17, 15) is 9.59 Å². The summed E-state index contributed by atoms with van der Waals surface area (Å²) in [7, 11) is 1.27. The molecule has 0 unspecified atom stereocenters. The fourth-order valence-electron chi connectivity index (χ4n) is 0.639. The third-order valence-corrected chi connectivity index (χ3v) is 1.16. The first-order chi connectivity index (χ1) is 5.61. The van der Waals surface area contributed by atoms with Gasteiger partial charge in [-0.1, -0.05) is 12.1 Å². The zero-order valence-electron chi connectivity index (χ0n) is 7.03. The quantitative estimate of drug-likeness (QED) is 0.483. The van der Waals surface area contributed by atoms with Gasteiger partial charge in [0.2, 0.25) is 0 Å². The second-order valence-electron chi connectivity index (χ2n) is 2.07. The molecule has 0 aliphatic heterocycles. The Morgan fingerprint density at radius 1 is 1.50 bits per heavy atom. The van der Waals surface area contributed by atoms with E-state index in [4.69, 9.17) is 5.11 Å². The van der Waals surface area contributed by atoms with Crippen LogP contribution in [0.2, 0.25) is 0 Å². The Morgan fingerprint density at radius 3 is 2.42 bits per heavy atom. The number of Topliss-reactive ketones (excluding diaryl/α,β-unsaturated/α-hetero) is 1. The Hall–Kier alpha value is -1.39. The molecule has 0 aromatic heterocycles. The van der Waals surface area contributed by atoms with E-state index in [1.165, 1.54) is 7.11 Å². The van der Waals surface area contributed by atoms with Gasteiger partial charge in [0.25, 0.3) is 0 Å². The minimum atomic E-state index is -1.09. The molecule has 5 nitrogen and oxygen atoms in total. The van der Waals surface area contributed by atoms with Gasteiger partial charge >= 0.3 is 5.97 Å². The van der Waals surface area contributed by atoms with Crippen LogP contribution < -0.4 is 0 Å². The summed E-state index contributed by atoms with van der Waals surface area (Å²) in [5.74, 6) is -1.40. The summed E-state index contributed by atoms with van der Waals surface area (Å²) in [6, 6.07) is 0. The predicted octanol–water partition coefficient (Wildman–Crippen LogP) is 0.443. The molecule has 0 saturated carbocycles. The van der Waals surface area contributed by atoms with Gasteiger partial charge in [0, 0.05) is 6.42 Å². The van der Waals surface area contributed by atoms with Crippen LogP contribution in [-0.2, 0) is 14.4 Å². The zero-order chi connectivity index (χ0) is 9.56. The molecule has 0 bridgehead atoms. The van der Waals surface area contributed by atoms with Gasteiger partial charge in [0.15, 0.2) is 5.78 Å². The van der Waals surface area contributed by atoms with Gasteiger partial charge in [-0.15, -0.1) is 0 Å². The van der Waals surface area contributed by atoms with Crippen LogP contribution in [0.1, 0.15) is 19.8 Å². The number of aliphatic carboxylic acids is 1. The highest BCUT2D eigenvalue weighted by atomic mass is 16.6. The van der Waals surface area contributed by atoms with Gasteiger partial charge in [-0.05, 0) is 0 Å². The molecule has 0 rings (SSSR count). The lowest BCUT2D eigenvalue weighted by Crippen LogP contribution is -2.17. The number of carboxylic acids is 1. The first-order valence-electron chi connectivity index (χ1n) is 3.46. The lowest BCUT2D eigenvalue weighted by molar-refractivity contribution is -0.136. The number of hydrogen-bond donors (Lipinski definition) is 1. The molecule has 5 heteroatoms. The number of carbonyl (C=O) groups is 2. The lowest BCUT2D eigenvalue weighted by Gasteiger charge is -1.98. The molecule has 0 radical (unpaired) electrons. The molecule has 1 N–H and O–H groups in total. The van der Waals surface area contributed by atoms with Gasteiger partial charge < -0.3 is 9.94 Å². The number of nitrogens with zero attached hydrogens (tertiary/aromatic N) is 1. The fourth-order valence-corrected chi connectivity index (χ4v) is 0.639. The monoisotopic (exact) mass is 173 g/mol. The maximum absolute atomic E-state index is 11.0. The van der Waals surface area contributed by atoms with Crippen LogP contribution in [0.15, 0.2) is 5.16 Å². The molecule has 0 saturated heterocycles. The maximum atomic E-state index is 11.0. The number of oxime groups is 1. The third kappa shape index (κ3) is 3.70. The third-order valence-electron chi connectivity index (χ3n) is 1.16. The summed E-state index contributed by atoms with van der Waals surface area (Å²) >= 11 is 0. The fraction of sp³-hybridized carbons (Fsp3) is 0.571. The summed E-state index contributed by atoms with van der Waals surface area (Å²) in [5, 5.41) is 11.7. The van der Waals surface area contributed by atoms with Crippen LogP contribution in [0.3, 0.4) is 0 Å². The Labute approximate surface area is 70.0 Å². The van der Waals surface area contributed by atoms with Crippen LogP contribution in [0.25, 0.3) is 0 Å². The number of rotatable bonds is 5. The van der Waals surface area contributed by atoms with Gasteiger partial charge in [0.05, 0.1) is 6.42 Å². The van der Waals surface area contributed by atoms with Crippen LogP contribution >= 0.6 is 0 Å². The number of ketones is 1.